The van der Waals surface area contributed by atoms with E-state index in [0.29, 0.717) is 12.2 Å². The summed E-state index contributed by atoms with van der Waals surface area (Å²) < 4.78 is 22.9. The smallest absolute Gasteiger partial charge is 0.151 e. The molecule has 3 rings (SSSR count). The zero-order valence-electron chi connectivity index (χ0n) is 9.61. The fourth-order valence-corrected chi connectivity index (χ4v) is 5.65. The van der Waals surface area contributed by atoms with E-state index in [-0.39, 0.29) is 11.0 Å². The van der Waals surface area contributed by atoms with Gasteiger partial charge in [0.15, 0.2) is 9.84 Å². The summed E-state index contributed by atoms with van der Waals surface area (Å²) in [5.74, 6) is 0.547. The monoisotopic (exact) mass is 280 g/mol. The van der Waals surface area contributed by atoms with Crippen molar-refractivity contribution in [2.75, 3.05) is 11.5 Å². The van der Waals surface area contributed by atoms with Crippen LogP contribution in [-0.2, 0) is 9.84 Å². The molecule has 1 fully saturated rings. The van der Waals surface area contributed by atoms with Crippen LogP contribution in [0.4, 0.5) is 0 Å². The second-order valence-electron chi connectivity index (χ2n) is 4.38. The van der Waals surface area contributed by atoms with Crippen LogP contribution in [0.5, 0.6) is 0 Å². The molecular formula is C12H12N2O2S2. The van der Waals surface area contributed by atoms with E-state index in [1.54, 1.807) is 6.20 Å². The Morgan fingerprint density at radius 1 is 1.28 bits per heavy atom. The molecule has 1 aliphatic rings. The van der Waals surface area contributed by atoms with Crippen molar-refractivity contribution in [3.05, 3.63) is 30.5 Å². The van der Waals surface area contributed by atoms with Gasteiger partial charge < -0.3 is 0 Å². The number of fused-ring (bicyclic) bond motifs is 1. The lowest BCUT2D eigenvalue weighted by molar-refractivity contribution is 0.602. The second kappa shape index (κ2) is 4.51. The number of aromatic nitrogens is 2. The average molecular weight is 280 g/mol. The van der Waals surface area contributed by atoms with Crippen LogP contribution in [0, 0.1) is 0 Å². The molecule has 0 saturated carbocycles. The van der Waals surface area contributed by atoms with E-state index in [2.05, 4.69) is 10.2 Å². The van der Waals surface area contributed by atoms with Crippen molar-refractivity contribution in [3.8, 4) is 0 Å². The van der Waals surface area contributed by atoms with Gasteiger partial charge in [0.1, 0.15) is 5.03 Å². The molecule has 6 heteroatoms. The maximum atomic E-state index is 11.4. The van der Waals surface area contributed by atoms with Gasteiger partial charge in [-0.15, -0.1) is 5.10 Å². The highest BCUT2D eigenvalue weighted by atomic mass is 32.2. The fourth-order valence-electron chi connectivity index (χ4n) is 2.10. The van der Waals surface area contributed by atoms with Crippen molar-refractivity contribution in [2.24, 2.45) is 0 Å². The zero-order chi connectivity index (χ0) is 12.6. The largest absolute Gasteiger partial charge is 0.229 e. The summed E-state index contributed by atoms with van der Waals surface area (Å²) in [5.41, 5.74) is 0. The van der Waals surface area contributed by atoms with Crippen LogP contribution < -0.4 is 0 Å². The molecule has 94 valence electrons. The summed E-state index contributed by atoms with van der Waals surface area (Å²) in [6, 6.07) is 7.90. The van der Waals surface area contributed by atoms with E-state index in [4.69, 9.17) is 0 Å². The molecule has 0 N–H and O–H groups in total. The first-order valence-electron chi connectivity index (χ1n) is 5.71. The molecule has 1 atom stereocenters. The Morgan fingerprint density at radius 2 is 2.11 bits per heavy atom. The first kappa shape index (κ1) is 11.9. The molecular weight excluding hydrogens is 268 g/mol. The minimum absolute atomic E-state index is 0.107. The highest BCUT2D eigenvalue weighted by Crippen LogP contribution is 2.33. The summed E-state index contributed by atoms with van der Waals surface area (Å²) in [6.07, 6.45) is 2.43. The summed E-state index contributed by atoms with van der Waals surface area (Å²) in [5, 5.41) is 11.1. The predicted octanol–water partition coefficient (Wildman–Crippen LogP) is 1.91. The molecule has 1 saturated heterocycles. The lowest BCUT2D eigenvalue weighted by Crippen LogP contribution is -2.06. The minimum atomic E-state index is -2.84. The van der Waals surface area contributed by atoms with Crippen LogP contribution in [-0.4, -0.2) is 35.4 Å². The standard InChI is InChI=1S/C12H12N2O2S2/c15-18(16)6-5-10(8-18)17-12-11-4-2-1-3-9(11)7-13-14-12/h1-4,7,10H,5-6,8H2/t10-/m0/s1. The first-order chi connectivity index (χ1) is 8.64. The van der Waals surface area contributed by atoms with Crippen LogP contribution in [0.25, 0.3) is 10.8 Å². The van der Waals surface area contributed by atoms with Gasteiger partial charge in [0.2, 0.25) is 0 Å². The Bertz CT molecular complexity index is 680. The molecule has 0 unspecified atom stereocenters. The van der Waals surface area contributed by atoms with Gasteiger partial charge in [0.05, 0.1) is 17.7 Å². The maximum Gasteiger partial charge on any atom is 0.151 e. The van der Waals surface area contributed by atoms with Crippen LogP contribution in [0.1, 0.15) is 6.42 Å². The van der Waals surface area contributed by atoms with Gasteiger partial charge >= 0.3 is 0 Å². The van der Waals surface area contributed by atoms with Gasteiger partial charge in [-0.3, -0.25) is 0 Å². The Balaban J connectivity index is 1.92. The van der Waals surface area contributed by atoms with E-state index in [1.165, 1.54) is 11.8 Å². The van der Waals surface area contributed by atoms with Crippen LogP contribution in [0.2, 0.25) is 0 Å². The van der Waals surface area contributed by atoms with Gasteiger partial charge in [-0.2, -0.15) is 5.10 Å². The third-order valence-corrected chi connectivity index (χ3v) is 6.25. The van der Waals surface area contributed by atoms with Gasteiger partial charge in [-0.1, -0.05) is 36.0 Å². The predicted molar refractivity (Wildman–Crippen MR) is 72.5 cm³/mol. The highest BCUT2D eigenvalue weighted by Gasteiger charge is 2.29. The van der Waals surface area contributed by atoms with E-state index in [9.17, 15) is 8.42 Å². The number of sulfone groups is 1. The lowest BCUT2D eigenvalue weighted by atomic mass is 10.2. The molecule has 0 radical (unpaired) electrons. The summed E-state index contributed by atoms with van der Waals surface area (Å²) >= 11 is 1.53. The van der Waals surface area contributed by atoms with Crippen LogP contribution in [0.3, 0.4) is 0 Å². The normalized spacial score (nSPS) is 22.3. The molecule has 4 nitrogen and oxygen atoms in total. The molecule has 2 heterocycles. The zero-order valence-corrected chi connectivity index (χ0v) is 11.2. The number of benzene rings is 1. The Morgan fingerprint density at radius 3 is 2.89 bits per heavy atom. The Hall–Kier alpha value is -1.14. The van der Waals surface area contributed by atoms with Crippen molar-refractivity contribution in [3.63, 3.8) is 0 Å². The Labute approximate surface area is 110 Å². The van der Waals surface area contributed by atoms with E-state index in [0.717, 1.165) is 15.8 Å². The average Bonchev–Trinajstić information content (AvgIpc) is 2.69. The third-order valence-electron chi connectivity index (χ3n) is 3.01. The van der Waals surface area contributed by atoms with Gasteiger partial charge in [-0.05, 0) is 6.42 Å². The topological polar surface area (TPSA) is 59.9 Å². The van der Waals surface area contributed by atoms with Gasteiger partial charge in [0, 0.05) is 16.0 Å². The number of nitrogens with zero attached hydrogens (tertiary/aromatic N) is 2. The van der Waals surface area contributed by atoms with Crippen molar-refractivity contribution < 1.29 is 8.42 Å². The molecule has 0 spiro atoms. The molecule has 1 aromatic heterocycles. The van der Waals surface area contributed by atoms with Crippen molar-refractivity contribution in [1.82, 2.24) is 10.2 Å². The number of thioether (sulfide) groups is 1. The number of rotatable bonds is 2. The van der Waals surface area contributed by atoms with Crippen molar-refractivity contribution in [1.29, 1.82) is 0 Å². The summed E-state index contributed by atoms with van der Waals surface area (Å²) in [4.78, 5) is 0. The van der Waals surface area contributed by atoms with Gasteiger partial charge in [-0.25, -0.2) is 8.42 Å². The maximum absolute atomic E-state index is 11.4. The third kappa shape index (κ3) is 2.35. The molecule has 1 aliphatic heterocycles. The minimum Gasteiger partial charge on any atom is -0.229 e. The van der Waals surface area contributed by atoms with Gasteiger partial charge in [0.25, 0.3) is 0 Å². The van der Waals surface area contributed by atoms with E-state index < -0.39 is 9.84 Å². The van der Waals surface area contributed by atoms with E-state index in [1.807, 2.05) is 24.3 Å². The van der Waals surface area contributed by atoms with Crippen molar-refractivity contribution in [2.45, 2.75) is 16.7 Å². The number of hydrogen-bond acceptors (Lipinski definition) is 5. The molecule has 18 heavy (non-hydrogen) atoms. The summed E-state index contributed by atoms with van der Waals surface area (Å²) in [7, 11) is -2.84. The summed E-state index contributed by atoms with van der Waals surface area (Å²) in [6.45, 7) is 0. The second-order valence-corrected chi connectivity index (χ2v) is 7.90. The van der Waals surface area contributed by atoms with Crippen LogP contribution >= 0.6 is 11.8 Å². The highest BCUT2D eigenvalue weighted by molar-refractivity contribution is 8.02. The molecule has 0 amide bonds. The molecule has 1 aromatic carbocycles. The molecule has 0 bridgehead atoms. The SMILES string of the molecule is O=S1(=O)CC[C@H](Sc2nncc3ccccc23)C1. The molecule has 2 aromatic rings. The Kier molecular flexibility index (Phi) is 2.99. The first-order valence-corrected chi connectivity index (χ1v) is 8.42. The van der Waals surface area contributed by atoms with E-state index >= 15 is 0 Å². The number of hydrogen-bond donors (Lipinski definition) is 0. The quantitative estimate of drug-likeness (QED) is 0.841. The lowest BCUT2D eigenvalue weighted by Gasteiger charge is -2.08. The van der Waals surface area contributed by atoms with Crippen molar-refractivity contribution >= 4 is 32.4 Å². The van der Waals surface area contributed by atoms with Crippen LogP contribution in [0.15, 0.2) is 35.5 Å². The molecule has 0 aliphatic carbocycles. The fraction of sp³-hybridized carbons (Fsp3) is 0.333.